The standard InChI is InChI=1S/C12H16FNO2/c1-8(2)6-12(15)14-10-7-9(13)4-5-11(10)16-3/h4-5,7-8H,6H2,1-3H3,(H,14,15). The summed E-state index contributed by atoms with van der Waals surface area (Å²) in [5.74, 6) is 0.178. The number of nitrogens with one attached hydrogen (secondary N) is 1. The number of benzene rings is 1. The maximum atomic E-state index is 13.0. The molecule has 88 valence electrons. The molecule has 0 bridgehead atoms. The first-order chi connectivity index (χ1) is 7.52. The summed E-state index contributed by atoms with van der Waals surface area (Å²) in [6.45, 7) is 3.89. The zero-order valence-corrected chi connectivity index (χ0v) is 9.71. The van der Waals surface area contributed by atoms with Crippen LogP contribution in [0, 0.1) is 11.7 Å². The molecule has 16 heavy (non-hydrogen) atoms. The van der Waals surface area contributed by atoms with Gasteiger partial charge in [0.25, 0.3) is 0 Å². The molecule has 1 amide bonds. The lowest BCUT2D eigenvalue weighted by molar-refractivity contribution is -0.116. The number of carbonyl (C=O) groups excluding carboxylic acids is 1. The Bertz CT molecular complexity index is 377. The highest BCUT2D eigenvalue weighted by molar-refractivity contribution is 5.92. The van der Waals surface area contributed by atoms with Crippen LogP contribution in [0.25, 0.3) is 0 Å². The van der Waals surface area contributed by atoms with Gasteiger partial charge in [-0.15, -0.1) is 0 Å². The summed E-state index contributed by atoms with van der Waals surface area (Å²) in [6, 6.07) is 4.02. The van der Waals surface area contributed by atoms with Crippen molar-refractivity contribution in [3.8, 4) is 5.75 Å². The molecule has 0 aliphatic rings. The molecule has 0 unspecified atom stereocenters. The zero-order valence-electron chi connectivity index (χ0n) is 9.71. The van der Waals surface area contributed by atoms with Crippen LogP contribution in [0.5, 0.6) is 5.75 Å². The Morgan fingerprint density at radius 3 is 2.75 bits per heavy atom. The van der Waals surface area contributed by atoms with E-state index in [0.29, 0.717) is 17.9 Å². The van der Waals surface area contributed by atoms with E-state index in [0.717, 1.165) is 0 Å². The Morgan fingerprint density at radius 2 is 2.19 bits per heavy atom. The van der Waals surface area contributed by atoms with Crippen molar-refractivity contribution < 1.29 is 13.9 Å². The van der Waals surface area contributed by atoms with Crippen molar-refractivity contribution in [2.24, 2.45) is 5.92 Å². The van der Waals surface area contributed by atoms with Gasteiger partial charge in [0.15, 0.2) is 0 Å². The Hall–Kier alpha value is -1.58. The van der Waals surface area contributed by atoms with Gasteiger partial charge >= 0.3 is 0 Å². The van der Waals surface area contributed by atoms with Gasteiger partial charge in [-0.1, -0.05) is 13.8 Å². The third-order valence-electron chi connectivity index (χ3n) is 2.03. The second-order valence-electron chi connectivity index (χ2n) is 3.99. The van der Waals surface area contributed by atoms with E-state index in [1.54, 1.807) is 0 Å². The van der Waals surface area contributed by atoms with Gasteiger partial charge in [-0.3, -0.25) is 4.79 Å². The van der Waals surface area contributed by atoms with Gasteiger partial charge in [0.05, 0.1) is 12.8 Å². The van der Waals surface area contributed by atoms with E-state index in [1.165, 1.54) is 25.3 Å². The number of rotatable bonds is 4. The van der Waals surface area contributed by atoms with Crippen LogP contribution in [0.2, 0.25) is 0 Å². The molecule has 0 atom stereocenters. The smallest absolute Gasteiger partial charge is 0.224 e. The fraction of sp³-hybridized carbons (Fsp3) is 0.417. The van der Waals surface area contributed by atoms with E-state index in [-0.39, 0.29) is 11.8 Å². The summed E-state index contributed by atoms with van der Waals surface area (Å²) in [7, 11) is 1.48. The van der Waals surface area contributed by atoms with Gasteiger partial charge < -0.3 is 10.1 Å². The zero-order chi connectivity index (χ0) is 12.1. The summed E-state index contributed by atoms with van der Waals surface area (Å²) in [6.07, 6.45) is 0.402. The highest BCUT2D eigenvalue weighted by Gasteiger charge is 2.09. The van der Waals surface area contributed by atoms with Gasteiger partial charge in [-0.25, -0.2) is 4.39 Å². The first-order valence-electron chi connectivity index (χ1n) is 5.16. The normalized spacial score (nSPS) is 10.3. The molecule has 0 fully saturated rings. The van der Waals surface area contributed by atoms with Gasteiger partial charge in [0.2, 0.25) is 5.91 Å². The molecule has 0 saturated carbocycles. The number of hydrogen-bond acceptors (Lipinski definition) is 2. The molecular weight excluding hydrogens is 209 g/mol. The molecule has 1 rings (SSSR count). The van der Waals surface area contributed by atoms with Crippen molar-refractivity contribution in [1.82, 2.24) is 0 Å². The van der Waals surface area contributed by atoms with Crippen molar-refractivity contribution in [3.05, 3.63) is 24.0 Å². The lowest BCUT2D eigenvalue weighted by Crippen LogP contribution is -2.14. The van der Waals surface area contributed by atoms with Crippen molar-refractivity contribution in [2.75, 3.05) is 12.4 Å². The summed E-state index contributed by atoms with van der Waals surface area (Å²) >= 11 is 0. The molecule has 1 aromatic rings. The number of ether oxygens (including phenoxy) is 1. The molecule has 1 aromatic carbocycles. The van der Waals surface area contributed by atoms with Gasteiger partial charge in [-0.05, 0) is 18.1 Å². The molecule has 0 aromatic heterocycles. The van der Waals surface area contributed by atoms with Crippen molar-refractivity contribution in [1.29, 1.82) is 0 Å². The van der Waals surface area contributed by atoms with Crippen molar-refractivity contribution in [2.45, 2.75) is 20.3 Å². The minimum atomic E-state index is -0.402. The molecule has 0 heterocycles. The number of halogens is 1. The Kier molecular flexibility index (Phi) is 4.28. The van der Waals surface area contributed by atoms with Gasteiger partial charge in [0.1, 0.15) is 11.6 Å². The lowest BCUT2D eigenvalue weighted by atomic mass is 10.1. The van der Waals surface area contributed by atoms with Crippen molar-refractivity contribution >= 4 is 11.6 Å². The first kappa shape index (κ1) is 12.5. The number of amides is 1. The molecule has 4 heteroatoms. The summed E-state index contributed by atoms with van der Waals surface area (Å²) in [5, 5.41) is 2.63. The lowest BCUT2D eigenvalue weighted by Gasteiger charge is -2.11. The Labute approximate surface area is 94.6 Å². The van der Waals surface area contributed by atoms with Gasteiger partial charge in [-0.2, -0.15) is 0 Å². The topological polar surface area (TPSA) is 38.3 Å². The second-order valence-corrected chi connectivity index (χ2v) is 3.99. The van der Waals surface area contributed by atoms with Crippen LogP contribution >= 0.6 is 0 Å². The number of anilines is 1. The minimum Gasteiger partial charge on any atom is -0.495 e. The predicted octanol–water partition coefficient (Wildman–Crippen LogP) is 2.82. The summed E-state index contributed by atoms with van der Waals surface area (Å²) < 4.78 is 18.0. The number of carbonyl (C=O) groups is 1. The number of hydrogen-bond donors (Lipinski definition) is 1. The molecule has 0 aliphatic carbocycles. The van der Waals surface area contributed by atoms with Crippen LogP contribution in [-0.2, 0) is 4.79 Å². The molecule has 1 N–H and O–H groups in total. The maximum absolute atomic E-state index is 13.0. The van der Waals surface area contributed by atoms with E-state index in [1.807, 2.05) is 13.8 Å². The highest BCUT2D eigenvalue weighted by Crippen LogP contribution is 2.25. The monoisotopic (exact) mass is 225 g/mol. The maximum Gasteiger partial charge on any atom is 0.224 e. The van der Waals surface area contributed by atoms with Gasteiger partial charge in [0, 0.05) is 12.5 Å². The highest BCUT2D eigenvalue weighted by atomic mass is 19.1. The second kappa shape index (κ2) is 5.49. The fourth-order valence-electron chi connectivity index (χ4n) is 1.35. The minimum absolute atomic E-state index is 0.140. The van der Waals surface area contributed by atoms with Crippen molar-refractivity contribution in [3.63, 3.8) is 0 Å². The molecule has 3 nitrogen and oxygen atoms in total. The molecule has 0 aliphatic heterocycles. The Morgan fingerprint density at radius 1 is 1.50 bits per heavy atom. The summed E-state index contributed by atoms with van der Waals surface area (Å²) in [4.78, 5) is 11.5. The van der Waals surface area contributed by atoms with E-state index in [2.05, 4.69) is 5.32 Å². The third-order valence-corrected chi connectivity index (χ3v) is 2.03. The predicted molar refractivity (Wildman–Crippen MR) is 61.0 cm³/mol. The van der Waals surface area contributed by atoms with Crippen LogP contribution in [0.1, 0.15) is 20.3 Å². The van der Waals surface area contributed by atoms with Crippen LogP contribution < -0.4 is 10.1 Å². The third kappa shape index (κ3) is 3.53. The van der Waals surface area contributed by atoms with Crippen LogP contribution in [-0.4, -0.2) is 13.0 Å². The largest absolute Gasteiger partial charge is 0.495 e. The SMILES string of the molecule is COc1ccc(F)cc1NC(=O)CC(C)C. The van der Waals surface area contributed by atoms with Crippen LogP contribution in [0.4, 0.5) is 10.1 Å². The number of methoxy groups -OCH3 is 1. The van der Waals surface area contributed by atoms with E-state index in [9.17, 15) is 9.18 Å². The average molecular weight is 225 g/mol. The fourth-order valence-corrected chi connectivity index (χ4v) is 1.35. The average Bonchev–Trinajstić information content (AvgIpc) is 2.16. The molecule has 0 radical (unpaired) electrons. The molecule has 0 spiro atoms. The van der Waals surface area contributed by atoms with E-state index < -0.39 is 5.82 Å². The molecule has 0 saturated heterocycles. The quantitative estimate of drug-likeness (QED) is 0.855. The van der Waals surface area contributed by atoms with E-state index in [4.69, 9.17) is 4.74 Å². The van der Waals surface area contributed by atoms with Crippen LogP contribution in [0.15, 0.2) is 18.2 Å². The summed E-state index contributed by atoms with van der Waals surface area (Å²) in [5.41, 5.74) is 0.369. The molecular formula is C12H16FNO2. The van der Waals surface area contributed by atoms with E-state index >= 15 is 0 Å². The Balaban J connectivity index is 2.79. The van der Waals surface area contributed by atoms with Crippen LogP contribution in [0.3, 0.4) is 0 Å². The first-order valence-corrected chi connectivity index (χ1v) is 5.16.